The van der Waals surface area contributed by atoms with Gasteiger partial charge in [-0.05, 0) is 47.9 Å². The van der Waals surface area contributed by atoms with Crippen molar-refractivity contribution < 1.29 is 32.6 Å². The van der Waals surface area contributed by atoms with Gasteiger partial charge in [0.15, 0.2) is 5.54 Å². The van der Waals surface area contributed by atoms with Gasteiger partial charge >= 0.3 is 5.97 Å². The summed E-state index contributed by atoms with van der Waals surface area (Å²) in [5.74, 6) is -2.02. The zero-order valence-corrected chi connectivity index (χ0v) is 24.2. The molecule has 0 aliphatic carbocycles. The molecule has 9 nitrogen and oxygen atoms in total. The number of hydrogen-bond acceptors (Lipinski definition) is 7. The molecule has 1 heterocycles. The molecule has 1 fully saturated rings. The van der Waals surface area contributed by atoms with Crippen molar-refractivity contribution >= 4 is 37.4 Å². The van der Waals surface area contributed by atoms with Crippen LogP contribution < -0.4 is 10.1 Å². The normalized spacial score (nSPS) is 18.1. The highest BCUT2D eigenvalue weighted by atomic mass is 33.1. The van der Waals surface area contributed by atoms with Gasteiger partial charge in [-0.3, -0.25) is 9.59 Å². The first-order chi connectivity index (χ1) is 19.5. The van der Waals surface area contributed by atoms with Gasteiger partial charge in [-0.2, -0.15) is 0 Å². The smallest absolute Gasteiger partial charge is 0.334 e. The van der Waals surface area contributed by atoms with Crippen molar-refractivity contribution in [3.8, 4) is 5.75 Å². The van der Waals surface area contributed by atoms with E-state index < -0.39 is 43.6 Å². The number of likely N-dealkylation sites (tertiary alicyclic amines) is 1. The van der Waals surface area contributed by atoms with E-state index in [-0.39, 0.29) is 23.3 Å². The van der Waals surface area contributed by atoms with Gasteiger partial charge in [0.2, 0.25) is 20.7 Å². The number of carboxylic acids is 1. The molecule has 1 saturated heterocycles. The molecule has 11 heteroatoms. The van der Waals surface area contributed by atoms with Crippen molar-refractivity contribution in [2.24, 2.45) is 0 Å². The van der Waals surface area contributed by atoms with Gasteiger partial charge in [-0.15, -0.1) is 0 Å². The number of methoxy groups -OCH3 is 1. The van der Waals surface area contributed by atoms with Crippen LogP contribution in [-0.4, -0.2) is 60.3 Å². The molecule has 0 saturated carbocycles. The van der Waals surface area contributed by atoms with Crippen molar-refractivity contribution in [2.75, 3.05) is 7.11 Å². The number of aliphatic carboxylic acids is 1. The van der Waals surface area contributed by atoms with E-state index in [1.54, 1.807) is 66.7 Å². The Morgan fingerprint density at radius 2 is 1.59 bits per heavy atom. The fourth-order valence-electron chi connectivity index (χ4n) is 4.72. The molecule has 3 unspecified atom stereocenters. The molecular weight excluding hydrogens is 564 g/mol. The summed E-state index contributed by atoms with van der Waals surface area (Å²) in [6, 6.07) is 21.9. The zero-order valence-electron chi connectivity index (χ0n) is 22.5. The lowest BCUT2D eigenvalue weighted by Crippen LogP contribution is -2.78. The molecule has 2 amide bonds. The number of benzene rings is 3. The van der Waals surface area contributed by atoms with Crippen LogP contribution in [0, 0.1) is 0 Å². The molecule has 0 radical (unpaired) electrons. The van der Waals surface area contributed by atoms with Crippen molar-refractivity contribution in [3.63, 3.8) is 0 Å². The second-order valence-corrected chi connectivity index (χ2v) is 13.6. The maximum absolute atomic E-state index is 13.7. The van der Waals surface area contributed by atoms with Gasteiger partial charge in [0.05, 0.1) is 18.4 Å². The first-order valence-electron chi connectivity index (χ1n) is 12.7. The van der Waals surface area contributed by atoms with E-state index in [9.17, 15) is 27.9 Å². The lowest BCUT2D eigenvalue weighted by Gasteiger charge is -2.54. The fourth-order valence-corrected chi connectivity index (χ4v) is 8.28. The van der Waals surface area contributed by atoms with Crippen molar-refractivity contribution in [1.29, 1.82) is 0 Å². The Labute approximate surface area is 242 Å². The molecule has 0 spiro atoms. The van der Waals surface area contributed by atoms with Crippen LogP contribution in [0.15, 0.2) is 102 Å². The van der Waals surface area contributed by atoms with E-state index in [1.165, 1.54) is 26.2 Å². The number of ether oxygens (including phenoxy) is 1. The number of β-lactam (4-membered cyclic amide) rings is 1. The number of nitrogens with one attached hydrogen (secondary N) is 1. The molecular formula is C30H30N2O7S2. The van der Waals surface area contributed by atoms with E-state index in [2.05, 4.69) is 11.9 Å². The van der Waals surface area contributed by atoms with E-state index in [0.717, 1.165) is 4.90 Å². The van der Waals surface area contributed by atoms with Crippen LogP contribution in [0.5, 0.6) is 5.75 Å². The molecule has 3 atom stereocenters. The molecule has 214 valence electrons. The van der Waals surface area contributed by atoms with Gasteiger partial charge in [0.1, 0.15) is 17.2 Å². The predicted octanol–water partition coefficient (Wildman–Crippen LogP) is 3.66. The second kappa shape index (κ2) is 12.2. The monoisotopic (exact) mass is 594 g/mol. The maximum Gasteiger partial charge on any atom is 0.334 e. The molecule has 3 aromatic carbocycles. The summed E-state index contributed by atoms with van der Waals surface area (Å²) in [4.78, 5) is 40.7. The van der Waals surface area contributed by atoms with E-state index in [4.69, 9.17) is 4.74 Å². The maximum atomic E-state index is 13.7. The molecule has 0 aromatic heterocycles. The standard InChI is InChI=1S/C30H30N2O7S2/c1-20(2)30(29(35)36,19-22-14-16-23(39-3)17-15-22)32-27(34)26(31-25(33)18-21-10-6-4-7-11-21)28(32)40-41(37,38)24-12-8-5-9-13-24/h4-17,26,28H,1,18-19H2,2-3H3,(H,31,33)(H,35,36). The van der Waals surface area contributed by atoms with Gasteiger partial charge in [-0.25, -0.2) is 13.2 Å². The number of hydrogen-bond donors (Lipinski definition) is 2. The van der Waals surface area contributed by atoms with Gasteiger partial charge in [0, 0.05) is 17.2 Å². The molecule has 1 aliphatic heterocycles. The van der Waals surface area contributed by atoms with Crippen LogP contribution in [0.3, 0.4) is 0 Å². The number of nitrogens with zero attached hydrogens (tertiary/aromatic N) is 1. The SMILES string of the molecule is C=C(C)C(Cc1ccc(OC)cc1)(C(=O)O)N1C(=O)C(NC(=O)Cc2ccccc2)C1SS(=O)(=O)c1ccccc1. The highest BCUT2D eigenvalue weighted by Crippen LogP contribution is 2.45. The fraction of sp³-hybridized carbons (Fsp3) is 0.233. The van der Waals surface area contributed by atoms with E-state index >= 15 is 0 Å². The first-order valence-corrected chi connectivity index (χ1v) is 15.5. The average Bonchev–Trinajstić information content (AvgIpc) is 2.96. The Bertz CT molecular complexity index is 1530. The van der Waals surface area contributed by atoms with E-state index in [0.29, 0.717) is 27.7 Å². The number of amides is 2. The van der Waals surface area contributed by atoms with Gasteiger partial charge < -0.3 is 20.1 Å². The van der Waals surface area contributed by atoms with Gasteiger partial charge in [-0.1, -0.05) is 67.2 Å². The van der Waals surface area contributed by atoms with Crippen molar-refractivity contribution in [3.05, 3.63) is 108 Å². The second-order valence-electron chi connectivity index (χ2n) is 9.64. The van der Waals surface area contributed by atoms with Gasteiger partial charge in [0.25, 0.3) is 0 Å². The summed E-state index contributed by atoms with van der Waals surface area (Å²) in [6.07, 6.45) is -0.218. The Hall–Kier alpha value is -4.09. The minimum Gasteiger partial charge on any atom is -0.497 e. The predicted molar refractivity (Wildman–Crippen MR) is 156 cm³/mol. The highest BCUT2D eigenvalue weighted by Gasteiger charge is 2.62. The molecule has 2 N–H and O–H groups in total. The lowest BCUT2D eigenvalue weighted by molar-refractivity contribution is -0.168. The van der Waals surface area contributed by atoms with Crippen LogP contribution in [0.4, 0.5) is 0 Å². The summed E-state index contributed by atoms with van der Waals surface area (Å²) in [7, 11) is -2.13. The summed E-state index contributed by atoms with van der Waals surface area (Å²) < 4.78 is 32.1. The highest BCUT2D eigenvalue weighted by molar-refractivity contribution is 8.72. The molecule has 4 rings (SSSR count). The van der Waals surface area contributed by atoms with Crippen molar-refractivity contribution in [2.45, 2.75) is 41.6 Å². The summed E-state index contributed by atoms with van der Waals surface area (Å²) >= 11 is 0. The van der Waals surface area contributed by atoms with Crippen LogP contribution in [0.25, 0.3) is 0 Å². The van der Waals surface area contributed by atoms with Crippen LogP contribution >= 0.6 is 10.8 Å². The van der Waals surface area contributed by atoms with Crippen molar-refractivity contribution in [1.82, 2.24) is 10.2 Å². The van der Waals surface area contributed by atoms with Crippen LogP contribution in [0.2, 0.25) is 0 Å². The molecule has 0 bridgehead atoms. The quantitative estimate of drug-likeness (QED) is 0.185. The Balaban J connectivity index is 1.72. The third-order valence-electron chi connectivity index (χ3n) is 6.91. The molecule has 3 aromatic rings. The molecule has 1 aliphatic rings. The number of carboxylic acid groups (broad SMARTS) is 1. The topological polar surface area (TPSA) is 130 Å². The number of carbonyl (C=O) groups excluding carboxylic acids is 2. The first kappa shape index (κ1) is 29.9. The minimum absolute atomic E-state index is 0.00920. The zero-order chi connectivity index (χ0) is 29.8. The molecule has 41 heavy (non-hydrogen) atoms. The van der Waals surface area contributed by atoms with Crippen LogP contribution in [-0.2, 0) is 36.1 Å². The third kappa shape index (κ3) is 6.15. The lowest BCUT2D eigenvalue weighted by atomic mass is 9.80. The number of carbonyl (C=O) groups is 3. The third-order valence-corrected chi connectivity index (χ3v) is 10.6. The minimum atomic E-state index is -4.07. The summed E-state index contributed by atoms with van der Waals surface area (Å²) in [6.45, 7) is 5.39. The summed E-state index contributed by atoms with van der Waals surface area (Å²) in [5.41, 5.74) is -0.590. The average molecular weight is 595 g/mol. The Kier molecular flexibility index (Phi) is 8.89. The Morgan fingerprint density at radius 1 is 1.00 bits per heavy atom. The summed E-state index contributed by atoms with van der Waals surface area (Å²) in [5, 5.41) is 12.0. The van der Waals surface area contributed by atoms with E-state index in [1.807, 2.05) is 6.07 Å². The van der Waals surface area contributed by atoms with Crippen LogP contribution in [0.1, 0.15) is 18.1 Å². The Morgan fingerprint density at radius 3 is 2.12 bits per heavy atom. The number of rotatable bonds is 12. The largest absolute Gasteiger partial charge is 0.497 e.